The van der Waals surface area contributed by atoms with Gasteiger partial charge in [-0.25, -0.2) is 4.98 Å². The summed E-state index contributed by atoms with van der Waals surface area (Å²) in [6.45, 7) is 1.66. The molecule has 0 saturated heterocycles. The lowest BCUT2D eigenvalue weighted by atomic mass is 10.1. The highest BCUT2D eigenvalue weighted by Crippen LogP contribution is 2.24. The standard InChI is InChI=1S/C16H15N3O3/c1-10-12(13-14(22-10)17-9-18(2)15(13)20)16(21)19(3)11-7-5-4-6-8-11/h4-9H,1-3H3. The van der Waals surface area contributed by atoms with Gasteiger partial charge in [-0.2, -0.15) is 0 Å². The van der Waals surface area contributed by atoms with Crippen molar-refractivity contribution in [3.05, 3.63) is 58.3 Å². The summed E-state index contributed by atoms with van der Waals surface area (Å²) in [6, 6.07) is 9.22. The van der Waals surface area contributed by atoms with Crippen molar-refractivity contribution in [2.24, 2.45) is 7.05 Å². The molecule has 0 bridgehead atoms. The van der Waals surface area contributed by atoms with Gasteiger partial charge in [-0.05, 0) is 19.1 Å². The molecule has 0 fully saturated rings. The van der Waals surface area contributed by atoms with Crippen LogP contribution < -0.4 is 10.5 Å². The van der Waals surface area contributed by atoms with Gasteiger partial charge < -0.3 is 13.9 Å². The van der Waals surface area contributed by atoms with Crippen molar-refractivity contribution in [2.75, 3.05) is 11.9 Å². The Balaban J connectivity index is 2.18. The van der Waals surface area contributed by atoms with Gasteiger partial charge in [0.2, 0.25) is 5.71 Å². The van der Waals surface area contributed by atoms with Gasteiger partial charge in [0, 0.05) is 19.8 Å². The molecule has 22 heavy (non-hydrogen) atoms. The van der Waals surface area contributed by atoms with Gasteiger partial charge in [0.05, 0.1) is 5.56 Å². The summed E-state index contributed by atoms with van der Waals surface area (Å²) in [7, 11) is 3.25. The molecule has 6 heteroatoms. The maximum atomic E-state index is 12.8. The first-order chi connectivity index (χ1) is 10.5. The Bertz CT molecular complexity index is 910. The fourth-order valence-electron chi connectivity index (χ4n) is 2.38. The number of carbonyl (C=O) groups is 1. The predicted octanol–water partition coefficient (Wildman–Crippen LogP) is 2.11. The topological polar surface area (TPSA) is 68.3 Å². The van der Waals surface area contributed by atoms with Gasteiger partial charge in [0.25, 0.3) is 11.5 Å². The van der Waals surface area contributed by atoms with E-state index in [2.05, 4.69) is 4.98 Å². The molecule has 1 amide bonds. The first-order valence-corrected chi connectivity index (χ1v) is 6.78. The highest BCUT2D eigenvalue weighted by atomic mass is 16.3. The Hall–Kier alpha value is -2.89. The van der Waals surface area contributed by atoms with E-state index in [0.29, 0.717) is 5.76 Å². The molecule has 0 unspecified atom stereocenters. The van der Waals surface area contributed by atoms with Crippen LogP contribution in [-0.4, -0.2) is 22.5 Å². The number of aromatic nitrogens is 2. The lowest BCUT2D eigenvalue weighted by Gasteiger charge is -2.16. The Labute approximate surface area is 126 Å². The third kappa shape index (κ3) is 2.09. The molecule has 0 spiro atoms. The Morgan fingerprint density at radius 2 is 1.95 bits per heavy atom. The molecule has 0 aliphatic heterocycles. The van der Waals surface area contributed by atoms with Crippen LogP contribution in [0.3, 0.4) is 0 Å². The second kappa shape index (κ2) is 5.14. The van der Waals surface area contributed by atoms with Crippen LogP contribution in [0.15, 0.2) is 45.9 Å². The summed E-state index contributed by atoms with van der Waals surface area (Å²) >= 11 is 0. The molecule has 2 heterocycles. The van der Waals surface area contributed by atoms with Gasteiger partial charge in [-0.1, -0.05) is 18.2 Å². The lowest BCUT2D eigenvalue weighted by Crippen LogP contribution is -2.28. The van der Waals surface area contributed by atoms with Crippen LogP contribution in [0.25, 0.3) is 11.1 Å². The van der Waals surface area contributed by atoms with Gasteiger partial charge >= 0.3 is 0 Å². The summed E-state index contributed by atoms with van der Waals surface area (Å²) < 4.78 is 6.80. The van der Waals surface area contributed by atoms with Gasteiger partial charge in [0.1, 0.15) is 17.5 Å². The van der Waals surface area contributed by atoms with Crippen molar-refractivity contribution < 1.29 is 9.21 Å². The number of benzene rings is 1. The van der Waals surface area contributed by atoms with E-state index in [9.17, 15) is 9.59 Å². The highest BCUT2D eigenvalue weighted by Gasteiger charge is 2.25. The number of anilines is 1. The van der Waals surface area contributed by atoms with Crippen molar-refractivity contribution in [1.82, 2.24) is 9.55 Å². The van der Waals surface area contributed by atoms with Crippen molar-refractivity contribution in [2.45, 2.75) is 6.92 Å². The van der Waals surface area contributed by atoms with Gasteiger partial charge in [-0.3, -0.25) is 9.59 Å². The van der Waals surface area contributed by atoms with Crippen molar-refractivity contribution >= 4 is 22.7 Å². The SMILES string of the molecule is Cc1oc2ncn(C)c(=O)c2c1C(=O)N(C)c1ccccc1. The molecule has 3 aromatic rings. The zero-order valence-corrected chi connectivity index (χ0v) is 12.5. The van der Waals surface area contributed by atoms with E-state index in [0.717, 1.165) is 5.69 Å². The number of hydrogen-bond donors (Lipinski definition) is 0. The van der Waals surface area contributed by atoms with Crippen LogP contribution in [0, 0.1) is 6.92 Å². The van der Waals surface area contributed by atoms with E-state index in [-0.39, 0.29) is 28.1 Å². The quantitative estimate of drug-likeness (QED) is 0.726. The highest BCUT2D eigenvalue weighted by molar-refractivity contribution is 6.13. The average Bonchev–Trinajstić information content (AvgIpc) is 2.87. The lowest BCUT2D eigenvalue weighted by molar-refractivity contribution is 0.0993. The van der Waals surface area contributed by atoms with Crippen LogP contribution >= 0.6 is 0 Å². The predicted molar refractivity (Wildman–Crippen MR) is 83.2 cm³/mol. The van der Waals surface area contributed by atoms with Gasteiger partial charge in [-0.15, -0.1) is 0 Å². The maximum Gasteiger partial charge on any atom is 0.265 e. The Morgan fingerprint density at radius 3 is 2.64 bits per heavy atom. The molecular formula is C16H15N3O3. The molecule has 2 aromatic heterocycles. The minimum atomic E-state index is -0.299. The molecule has 0 saturated carbocycles. The zero-order chi connectivity index (χ0) is 15.9. The number of aryl methyl sites for hydroxylation is 2. The number of carbonyl (C=O) groups excluding carboxylic acids is 1. The van der Waals surface area contributed by atoms with Gasteiger partial charge in [0.15, 0.2) is 0 Å². The number of furan rings is 1. The maximum absolute atomic E-state index is 12.8. The second-order valence-electron chi connectivity index (χ2n) is 5.07. The second-order valence-corrected chi connectivity index (χ2v) is 5.07. The fraction of sp³-hybridized carbons (Fsp3) is 0.188. The third-order valence-corrected chi connectivity index (χ3v) is 3.61. The minimum absolute atomic E-state index is 0.186. The first kappa shape index (κ1) is 14.1. The first-order valence-electron chi connectivity index (χ1n) is 6.78. The molecule has 0 aliphatic carbocycles. The minimum Gasteiger partial charge on any atom is -0.442 e. The van der Waals surface area contributed by atoms with Crippen molar-refractivity contribution in [3.63, 3.8) is 0 Å². The molecule has 0 radical (unpaired) electrons. The number of amides is 1. The normalized spacial score (nSPS) is 10.9. The van der Waals surface area contributed by atoms with Crippen LogP contribution in [0.1, 0.15) is 16.1 Å². The summed E-state index contributed by atoms with van der Waals surface area (Å²) in [5.41, 5.74) is 0.883. The molecule has 1 aromatic carbocycles. The number of fused-ring (bicyclic) bond motifs is 1. The van der Waals surface area contributed by atoms with E-state index in [1.165, 1.54) is 15.8 Å². The molecule has 0 aliphatic rings. The van der Waals surface area contributed by atoms with Crippen LogP contribution in [-0.2, 0) is 7.05 Å². The summed E-state index contributed by atoms with van der Waals surface area (Å²) in [6.07, 6.45) is 1.38. The molecular weight excluding hydrogens is 282 g/mol. The van der Waals surface area contributed by atoms with Crippen LogP contribution in [0.5, 0.6) is 0 Å². The van der Waals surface area contributed by atoms with E-state index in [1.54, 1.807) is 21.0 Å². The number of para-hydroxylation sites is 1. The van der Waals surface area contributed by atoms with E-state index in [1.807, 2.05) is 30.3 Å². The van der Waals surface area contributed by atoms with Crippen molar-refractivity contribution in [3.8, 4) is 0 Å². The number of nitrogens with zero attached hydrogens (tertiary/aromatic N) is 3. The zero-order valence-electron chi connectivity index (χ0n) is 12.5. The Kier molecular flexibility index (Phi) is 3.29. The summed E-state index contributed by atoms with van der Waals surface area (Å²) in [5, 5.41) is 0.218. The summed E-state index contributed by atoms with van der Waals surface area (Å²) in [4.78, 5) is 30.7. The fourth-order valence-corrected chi connectivity index (χ4v) is 2.38. The average molecular weight is 297 g/mol. The third-order valence-electron chi connectivity index (χ3n) is 3.61. The number of rotatable bonds is 2. The van der Waals surface area contributed by atoms with E-state index < -0.39 is 0 Å². The molecule has 0 atom stereocenters. The molecule has 3 rings (SSSR count). The summed E-state index contributed by atoms with van der Waals surface area (Å²) in [5.74, 6) is 0.0890. The van der Waals surface area contributed by atoms with Crippen molar-refractivity contribution in [1.29, 1.82) is 0 Å². The van der Waals surface area contributed by atoms with Crippen LogP contribution in [0.4, 0.5) is 5.69 Å². The smallest absolute Gasteiger partial charge is 0.265 e. The largest absolute Gasteiger partial charge is 0.442 e. The molecule has 112 valence electrons. The molecule has 6 nitrogen and oxygen atoms in total. The van der Waals surface area contributed by atoms with E-state index in [4.69, 9.17) is 4.42 Å². The molecule has 0 N–H and O–H groups in total. The number of hydrogen-bond acceptors (Lipinski definition) is 4. The van der Waals surface area contributed by atoms with E-state index >= 15 is 0 Å². The monoisotopic (exact) mass is 297 g/mol. The Morgan fingerprint density at radius 1 is 1.27 bits per heavy atom. The van der Waals surface area contributed by atoms with Crippen LogP contribution in [0.2, 0.25) is 0 Å².